The van der Waals surface area contributed by atoms with Crippen LogP contribution in [0.2, 0.25) is 0 Å². The summed E-state index contributed by atoms with van der Waals surface area (Å²) in [4.78, 5) is 15.5. The number of carbonyl (C=O) groups excluding carboxylic acids is 1. The highest BCUT2D eigenvalue weighted by Gasteiger charge is 2.14. The summed E-state index contributed by atoms with van der Waals surface area (Å²) in [6, 6.07) is 3.04. The maximum Gasteiger partial charge on any atom is 0.273 e. The van der Waals surface area contributed by atoms with Gasteiger partial charge in [0.2, 0.25) is 0 Å². The number of nitrogens with one attached hydrogen (secondary N) is 1. The van der Waals surface area contributed by atoms with E-state index in [0.29, 0.717) is 18.4 Å². The number of amides is 1. The quantitative estimate of drug-likeness (QED) is 0.816. The first kappa shape index (κ1) is 12.5. The Morgan fingerprint density at radius 3 is 2.75 bits per heavy atom. The summed E-state index contributed by atoms with van der Waals surface area (Å²) in [6.07, 6.45) is 1.49. The van der Waals surface area contributed by atoms with Gasteiger partial charge in [-0.2, -0.15) is 0 Å². The van der Waals surface area contributed by atoms with Crippen LogP contribution in [0.15, 0.2) is 18.3 Å². The third-order valence-electron chi connectivity index (χ3n) is 2.72. The van der Waals surface area contributed by atoms with Gasteiger partial charge in [-0.3, -0.25) is 4.79 Å². The van der Waals surface area contributed by atoms with Crippen molar-refractivity contribution in [1.29, 1.82) is 0 Å². The normalized spacial score (nSPS) is 12.5. The lowest BCUT2D eigenvalue weighted by molar-refractivity contribution is 0.0937. The van der Waals surface area contributed by atoms with Crippen LogP contribution in [0, 0.1) is 11.8 Å². The fraction of sp³-hybridized carbons (Fsp3) is 0.500. The highest BCUT2D eigenvalue weighted by Crippen LogP contribution is 2.13. The molecule has 1 aromatic rings. The average molecular weight is 222 g/mol. The van der Waals surface area contributed by atoms with E-state index in [1.54, 1.807) is 6.07 Å². The van der Waals surface area contributed by atoms with Gasteiger partial charge in [-0.05, 0) is 24.0 Å². The molecular formula is C12H18N2O2. The van der Waals surface area contributed by atoms with E-state index in [0.717, 1.165) is 0 Å². The molecule has 1 heterocycles. The Bertz CT molecular complexity index is 364. The highest BCUT2D eigenvalue weighted by molar-refractivity contribution is 5.94. The second-order valence-corrected chi connectivity index (χ2v) is 4.30. The minimum Gasteiger partial charge on any atom is -0.505 e. The van der Waals surface area contributed by atoms with Crippen LogP contribution >= 0.6 is 0 Å². The van der Waals surface area contributed by atoms with Crippen molar-refractivity contribution >= 4 is 5.91 Å². The summed E-state index contributed by atoms with van der Waals surface area (Å²) in [6.45, 7) is 6.87. The van der Waals surface area contributed by atoms with Crippen LogP contribution in [-0.2, 0) is 0 Å². The SMILES string of the molecule is CC(C)C(C)CNC(=O)c1ncccc1O. The van der Waals surface area contributed by atoms with E-state index in [1.165, 1.54) is 12.3 Å². The van der Waals surface area contributed by atoms with E-state index < -0.39 is 0 Å². The fourth-order valence-electron chi connectivity index (χ4n) is 1.14. The largest absolute Gasteiger partial charge is 0.505 e. The van der Waals surface area contributed by atoms with Crippen molar-refractivity contribution < 1.29 is 9.90 Å². The van der Waals surface area contributed by atoms with E-state index in [4.69, 9.17) is 0 Å². The number of hydrogen-bond donors (Lipinski definition) is 2. The van der Waals surface area contributed by atoms with E-state index in [2.05, 4.69) is 31.1 Å². The summed E-state index contributed by atoms with van der Waals surface area (Å²) in [5.41, 5.74) is 0.0819. The Morgan fingerprint density at radius 2 is 2.19 bits per heavy atom. The smallest absolute Gasteiger partial charge is 0.273 e. The zero-order chi connectivity index (χ0) is 12.1. The van der Waals surface area contributed by atoms with Crippen LogP contribution in [0.1, 0.15) is 31.3 Å². The summed E-state index contributed by atoms with van der Waals surface area (Å²) >= 11 is 0. The fourth-order valence-corrected chi connectivity index (χ4v) is 1.14. The number of nitrogens with zero attached hydrogens (tertiary/aromatic N) is 1. The van der Waals surface area contributed by atoms with Crippen molar-refractivity contribution in [3.63, 3.8) is 0 Å². The molecule has 1 unspecified atom stereocenters. The molecule has 1 rings (SSSR count). The average Bonchev–Trinajstić information content (AvgIpc) is 2.25. The molecule has 0 aliphatic heterocycles. The molecule has 4 nitrogen and oxygen atoms in total. The zero-order valence-corrected chi connectivity index (χ0v) is 9.90. The predicted molar refractivity (Wildman–Crippen MR) is 62.2 cm³/mol. The Kier molecular flexibility index (Phi) is 4.28. The van der Waals surface area contributed by atoms with Gasteiger partial charge in [0.05, 0.1) is 0 Å². The van der Waals surface area contributed by atoms with Crippen molar-refractivity contribution in [1.82, 2.24) is 10.3 Å². The van der Waals surface area contributed by atoms with Gasteiger partial charge in [-0.25, -0.2) is 4.98 Å². The van der Waals surface area contributed by atoms with Gasteiger partial charge in [0, 0.05) is 12.7 Å². The van der Waals surface area contributed by atoms with Gasteiger partial charge >= 0.3 is 0 Å². The molecule has 0 aliphatic carbocycles. The van der Waals surface area contributed by atoms with Crippen LogP contribution in [0.4, 0.5) is 0 Å². The number of carbonyl (C=O) groups is 1. The number of aromatic nitrogens is 1. The maximum atomic E-state index is 11.7. The first-order valence-electron chi connectivity index (χ1n) is 5.44. The van der Waals surface area contributed by atoms with Gasteiger partial charge in [-0.1, -0.05) is 20.8 Å². The van der Waals surface area contributed by atoms with Gasteiger partial charge in [0.15, 0.2) is 5.69 Å². The second kappa shape index (κ2) is 5.49. The topological polar surface area (TPSA) is 62.2 Å². The number of pyridine rings is 1. The van der Waals surface area contributed by atoms with Crippen molar-refractivity contribution in [2.45, 2.75) is 20.8 Å². The molecule has 4 heteroatoms. The van der Waals surface area contributed by atoms with Crippen LogP contribution < -0.4 is 5.32 Å². The summed E-state index contributed by atoms with van der Waals surface area (Å²) < 4.78 is 0. The molecule has 0 fully saturated rings. The Hall–Kier alpha value is -1.58. The highest BCUT2D eigenvalue weighted by atomic mass is 16.3. The molecule has 0 spiro atoms. The van der Waals surface area contributed by atoms with Gasteiger partial charge in [0.1, 0.15) is 5.75 Å². The summed E-state index contributed by atoms with van der Waals surface area (Å²) in [7, 11) is 0. The monoisotopic (exact) mass is 222 g/mol. The zero-order valence-electron chi connectivity index (χ0n) is 9.90. The molecule has 1 amide bonds. The number of hydrogen-bond acceptors (Lipinski definition) is 3. The minimum atomic E-state index is -0.328. The van der Waals surface area contributed by atoms with E-state index in [-0.39, 0.29) is 17.4 Å². The van der Waals surface area contributed by atoms with Crippen LogP contribution in [0.3, 0.4) is 0 Å². The van der Waals surface area contributed by atoms with Crippen LogP contribution in [-0.4, -0.2) is 22.5 Å². The molecule has 1 aromatic heterocycles. The molecule has 16 heavy (non-hydrogen) atoms. The van der Waals surface area contributed by atoms with E-state index in [9.17, 15) is 9.90 Å². The maximum absolute atomic E-state index is 11.7. The minimum absolute atomic E-state index is 0.0819. The third-order valence-corrected chi connectivity index (χ3v) is 2.72. The third kappa shape index (κ3) is 3.22. The van der Waals surface area contributed by atoms with Crippen molar-refractivity contribution in [2.24, 2.45) is 11.8 Å². The van der Waals surface area contributed by atoms with Crippen molar-refractivity contribution in [3.05, 3.63) is 24.0 Å². The van der Waals surface area contributed by atoms with Crippen molar-refractivity contribution in [3.8, 4) is 5.75 Å². The predicted octanol–water partition coefficient (Wildman–Crippen LogP) is 1.81. The molecule has 1 atom stereocenters. The van der Waals surface area contributed by atoms with Gasteiger partial charge in [0.25, 0.3) is 5.91 Å². The molecule has 0 saturated carbocycles. The molecule has 2 N–H and O–H groups in total. The lowest BCUT2D eigenvalue weighted by Gasteiger charge is -2.15. The molecule has 0 bridgehead atoms. The van der Waals surface area contributed by atoms with E-state index >= 15 is 0 Å². The first-order chi connectivity index (χ1) is 7.52. The Balaban J connectivity index is 2.57. The Labute approximate surface area is 95.7 Å². The lowest BCUT2D eigenvalue weighted by atomic mass is 9.98. The number of rotatable bonds is 4. The van der Waals surface area contributed by atoms with Gasteiger partial charge < -0.3 is 10.4 Å². The molecule has 0 aliphatic rings. The second-order valence-electron chi connectivity index (χ2n) is 4.30. The molecule has 0 saturated heterocycles. The van der Waals surface area contributed by atoms with Crippen LogP contribution in [0.25, 0.3) is 0 Å². The summed E-state index contributed by atoms with van der Waals surface area (Å²) in [5.74, 6) is 0.496. The Morgan fingerprint density at radius 1 is 1.50 bits per heavy atom. The lowest BCUT2D eigenvalue weighted by Crippen LogP contribution is -2.30. The van der Waals surface area contributed by atoms with Crippen molar-refractivity contribution in [2.75, 3.05) is 6.54 Å². The van der Waals surface area contributed by atoms with E-state index in [1.807, 2.05) is 0 Å². The molecule has 0 radical (unpaired) electrons. The van der Waals surface area contributed by atoms with Gasteiger partial charge in [-0.15, -0.1) is 0 Å². The molecule has 0 aromatic carbocycles. The molecule has 88 valence electrons. The first-order valence-corrected chi connectivity index (χ1v) is 5.44. The molecular weight excluding hydrogens is 204 g/mol. The van der Waals surface area contributed by atoms with Crippen LogP contribution in [0.5, 0.6) is 5.75 Å². The summed E-state index contributed by atoms with van der Waals surface area (Å²) in [5, 5.41) is 12.2. The number of aromatic hydroxyl groups is 1. The standard InChI is InChI=1S/C12H18N2O2/c1-8(2)9(3)7-14-12(16)11-10(15)5-4-6-13-11/h4-6,8-9,15H,7H2,1-3H3,(H,14,16).